The molecular weight excluding hydrogens is 328 g/mol. The predicted molar refractivity (Wildman–Crippen MR) is 84.9 cm³/mol. The van der Waals surface area contributed by atoms with Crippen LogP contribution in [0.1, 0.15) is 4.88 Å². The molecule has 3 aromatic rings. The summed E-state index contributed by atoms with van der Waals surface area (Å²) in [5.41, 5.74) is 6.33. The van der Waals surface area contributed by atoms with Crippen LogP contribution in [0.2, 0.25) is 0 Å². The summed E-state index contributed by atoms with van der Waals surface area (Å²) in [7, 11) is -3.59. The molecule has 4 N–H and O–H groups in total. The summed E-state index contributed by atoms with van der Waals surface area (Å²) in [5, 5.41) is 2.16. The van der Waals surface area contributed by atoms with Gasteiger partial charge in [0.2, 0.25) is 0 Å². The molecule has 0 aliphatic heterocycles. The van der Waals surface area contributed by atoms with Gasteiger partial charge in [-0.1, -0.05) is 0 Å². The molecule has 0 unspecified atom stereocenters. The SMILES string of the molecule is NCc1ccc(-c2csc(NS(=O)(=O)c3cc[nH]c3)n2)s1. The fraction of sp³-hybridized carbons (Fsp3) is 0.0833. The number of nitrogens with two attached hydrogens (primary N) is 1. The van der Waals surface area contributed by atoms with Crippen LogP contribution in [0.3, 0.4) is 0 Å². The number of sulfonamides is 1. The minimum absolute atomic E-state index is 0.181. The van der Waals surface area contributed by atoms with E-state index in [-0.39, 0.29) is 4.90 Å². The van der Waals surface area contributed by atoms with Crippen molar-refractivity contribution < 1.29 is 8.42 Å². The number of hydrogen-bond acceptors (Lipinski definition) is 6. The normalized spacial score (nSPS) is 11.7. The number of aromatic nitrogens is 2. The summed E-state index contributed by atoms with van der Waals surface area (Å²) in [5.74, 6) is 0. The molecule has 0 spiro atoms. The first-order valence-corrected chi connectivity index (χ1v) is 9.17. The Morgan fingerprint density at radius 3 is 2.86 bits per heavy atom. The zero-order chi connectivity index (χ0) is 14.9. The van der Waals surface area contributed by atoms with E-state index in [0.29, 0.717) is 11.7 Å². The van der Waals surface area contributed by atoms with E-state index >= 15 is 0 Å². The first-order valence-electron chi connectivity index (χ1n) is 5.99. The highest BCUT2D eigenvalue weighted by Gasteiger charge is 2.17. The van der Waals surface area contributed by atoms with Gasteiger partial charge in [-0.25, -0.2) is 13.4 Å². The molecule has 0 saturated heterocycles. The van der Waals surface area contributed by atoms with Gasteiger partial charge in [-0.15, -0.1) is 22.7 Å². The largest absolute Gasteiger partial charge is 0.366 e. The van der Waals surface area contributed by atoms with Gasteiger partial charge >= 0.3 is 0 Å². The number of anilines is 1. The number of nitrogens with zero attached hydrogens (tertiary/aromatic N) is 1. The van der Waals surface area contributed by atoms with Crippen molar-refractivity contribution in [3.05, 3.63) is 40.8 Å². The highest BCUT2D eigenvalue weighted by atomic mass is 32.2. The molecule has 3 aromatic heterocycles. The Balaban J connectivity index is 1.82. The van der Waals surface area contributed by atoms with Gasteiger partial charge in [-0.05, 0) is 18.2 Å². The van der Waals surface area contributed by atoms with Crippen molar-refractivity contribution in [1.82, 2.24) is 9.97 Å². The summed E-state index contributed by atoms with van der Waals surface area (Å²) in [4.78, 5) is 9.24. The molecule has 110 valence electrons. The summed E-state index contributed by atoms with van der Waals surface area (Å²) in [6.45, 7) is 0.488. The van der Waals surface area contributed by atoms with Crippen molar-refractivity contribution in [3.8, 4) is 10.6 Å². The highest BCUT2D eigenvalue weighted by molar-refractivity contribution is 7.93. The summed E-state index contributed by atoms with van der Waals surface area (Å²) >= 11 is 2.80. The average Bonchev–Trinajstić information content (AvgIpc) is 3.19. The van der Waals surface area contributed by atoms with Crippen molar-refractivity contribution in [2.75, 3.05) is 4.72 Å². The molecule has 0 aromatic carbocycles. The van der Waals surface area contributed by atoms with Gasteiger partial charge in [0.05, 0.1) is 10.6 Å². The molecule has 0 aliphatic rings. The third kappa shape index (κ3) is 3.00. The molecular formula is C12H12N4O2S3. The van der Waals surface area contributed by atoms with E-state index in [1.807, 2.05) is 17.5 Å². The maximum Gasteiger partial charge on any atom is 0.265 e. The Morgan fingerprint density at radius 2 is 2.19 bits per heavy atom. The lowest BCUT2D eigenvalue weighted by Crippen LogP contribution is -2.11. The zero-order valence-corrected chi connectivity index (χ0v) is 13.2. The van der Waals surface area contributed by atoms with Crippen LogP contribution in [-0.4, -0.2) is 18.4 Å². The number of H-pyrrole nitrogens is 1. The van der Waals surface area contributed by atoms with Crippen LogP contribution in [0.5, 0.6) is 0 Å². The van der Waals surface area contributed by atoms with E-state index in [0.717, 1.165) is 15.4 Å². The third-order valence-corrected chi connectivity index (χ3v) is 6.07. The Labute approximate surface area is 129 Å². The van der Waals surface area contributed by atoms with Crippen molar-refractivity contribution in [2.24, 2.45) is 5.73 Å². The Morgan fingerprint density at radius 1 is 1.33 bits per heavy atom. The molecule has 0 saturated carbocycles. The fourth-order valence-corrected chi connectivity index (χ4v) is 4.57. The fourth-order valence-electron chi connectivity index (χ4n) is 1.71. The Bertz CT molecular complexity index is 834. The monoisotopic (exact) mass is 340 g/mol. The molecule has 9 heteroatoms. The van der Waals surface area contributed by atoms with Crippen molar-refractivity contribution in [2.45, 2.75) is 11.4 Å². The molecule has 3 rings (SSSR count). The van der Waals surface area contributed by atoms with Crippen LogP contribution in [0, 0.1) is 0 Å². The lowest BCUT2D eigenvalue weighted by atomic mass is 10.4. The minimum atomic E-state index is -3.59. The van der Waals surface area contributed by atoms with E-state index in [9.17, 15) is 8.42 Å². The highest BCUT2D eigenvalue weighted by Crippen LogP contribution is 2.31. The van der Waals surface area contributed by atoms with Gasteiger partial charge in [-0.3, -0.25) is 4.72 Å². The van der Waals surface area contributed by atoms with Gasteiger partial charge in [-0.2, -0.15) is 0 Å². The topological polar surface area (TPSA) is 101 Å². The van der Waals surface area contributed by atoms with Crippen LogP contribution in [0.25, 0.3) is 10.6 Å². The van der Waals surface area contributed by atoms with Crippen LogP contribution in [-0.2, 0) is 16.6 Å². The minimum Gasteiger partial charge on any atom is -0.366 e. The lowest BCUT2D eigenvalue weighted by Gasteiger charge is -2.01. The predicted octanol–water partition coefficient (Wildman–Crippen LogP) is 2.46. The second-order valence-corrected chi connectivity index (χ2v) is 7.87. The van der Waals surface area contributed by atoms with Gasteiger partial charge < -0.3 is 10.7 Å². The number of hydrogen-bond donors (Lipinski definition) is 3. The molecule has 6 nitrogen and oxygen atoms in total. The number of rotatable bonds is 5. The standard InChI is InChI=1S/C12H12N4O2S3/c13-5-8-1-2-11(20-8)10-7-19-12(15-10)16-21(17,18)9-3-4-14-6-9/h1-4,6-7,14H,5,13H2,(H,15,16). The molecule has 21 heavy (non-hydrogen) atoms. The molecule has 0 fully saturated rings. The first kappa shape index (κ1) is 14.3. The molecule has 0 amide bonds. The summed E-state index contributed by atoms with van der Waals surface area (Å²) < 4.78 is 26.6. The molecule has 0 atom stereocenters. The van der Waals surface area contributed by atoms with Crippen LogP contribution in [0.15, 0.2) is 40.9 Å². The first-order chi connectivity index (χ1) is 10.1. The van der Waals surface area contributed by atoms with Gasteiger partial charge in [0.25, 0.3) is 10.0 Å². The quantitative estimate of drug-likeness (QED) is 0.664. The zero-order valence-electron chi connectivity index (χ0n) is 10.7. The van der Waals surface area contributed by atoms with E-state index in [1.54, 1.807) is 17.5 Å². The summed E-state index contributed by atoms with van der Waals surface area (Å²) in [6.07, 6.45) is 2.98. The number of thiazole rings is 1. The van der Waals surface area contributed by atoms with Crippen molar-refractivity contribution in [1.29, 1.82) is 0 Å². The van der Waals surface area contributed by atoms with Crippen LogP contribution >= 0.6 is 22.7 Å². The van der Waals surface area contributed by atoms with Gasteiger partial charge in [0.1, 0.15) is 4.90 Å². The van der Waals surface area contributed by atoms with Gasteiger partial charge in [0.15, 0.2) is 5.13 Å². The average molecular weight is 340 g/mol. The summed E-state index contributed by atoms with van der Waals surface area (Å²) in [6, 6.07) is 5.37. The number of nitrogens with one attached hydrogen (secondary N) is 2. The second kappa shape index (κ2) is 5.60. The van der Waals surface area contributed by atoms with E-state index in [1.165, 1.54) is 23.6 Å². The Kier molecular flexibility index (Phi) is 3.81. The molecule has 3 heterocycles. The lowest BCUT2D eigenvalue weighted by molar-refractivity contribution is 0.601. The molecule has 0 bridgehead atoms. The van der Waals surface area contributed by atoms with Crippen LogP contribution < -0.4 is 10.5 Å². The molecule has 0 aliphatic carbocycles. The Hall–Kier alpha value is -1.68. The maximum atomic E-state index is 12.1. The van der Waals surface area contributed by atoms with Gasteiger partial charge in [0, 0.05) is 29.2 Å². The molecule has 0 radical (unpaired) electrons. The van der Waals surface area contributed by atoms with E-state index in [4.69, 9.17) is 5.73 Å². The van der Waals surface area contributed by atoms with Crippen molar-refractivity contribution >= 4 is 37.8 Å². The van der Waals surface area contributed by atoms with Crippen molar-refractivity contribution in [3.63, 3.8) is 0 Å². The number of aromatic amines is 1. The number of thiophene rings is 1. The van der Waals surface area contributed by atoms with E-state index < -0.39 is 10.0 Å². The van der Waals surface area contributed by atoms with E-state index in [2.05, 4.69) is 14.7 Å². The van der Waals surface area contributed by atoms with Crippen LogP contribution in [0.4, 0.5) is 5.13 Å². The maximum absolute atomic E-state index is 12.1. The second-order valence-electron chi connectivity index (χ2n) is 4.16. The third-order valence-electron chi connectivity index (χ3n) is 2.72. The smallest absolute Gasteiger partial charge is 0.265 e.